The van der Waals surface area contributed by atoms with E-state index in [1.54, 1.807) is 6.07 Å². The molecule has 5 heteroatoms. The molecule has 0 spiro atoms. The zero-order valence-electron chi connectivity index (χ0n) is 12.8. The number of carbonyl (C=O) groups is 2. The van der Waals surface area contributed by atoms with Crippen LogP contribution in [-0.4, -0.2) is 29.1 Å². The molecule has 116 valence electrons. The van der Waals surface area contributed by atoms with Crippen molar-refractivity contribution in [2.24, 2.45) is 0 Å². The van der Waals surface area contributed by atoms with Gasteiger partial charge in [0.15, 0.2) is 6.10 Å². The fourth-order valence-electron chi connectivity index (χ4n) is 1.97. The summed E-state index contributed by atoms with van der Waals surface area (Å²) in [5.74, 6) is -0.764. The molecular formula is C16H23NO4. The molecule has 0 bridgehead atoms. The highest BCUT2D eigenvalue weighted by molar-refractivity contribution is 5.86. The average molecular weight is 293 g/mol. The van der Waals surface area contributed by atoms with E-state index in [9.17, 15) is 9.59 Å². The smallest absolute Gasteiger partial charge is 0.326 e. The molecule has 0 aliphatic rings. The van der Waals surface area contributed by atoms with Crippen LogP contribution in [0.1, 0.15) is 38.7 Å². The first kappa shape index (κ1) is 17.0. The standard InChI is InChI=1S/C16H23NO4/c1-4-8-12(16(19)20)17-15(18)13(5-2)21-14-10-7-6-9-11(14)3/h6-7,9-10,12-13H,4-5,8H2,1-3H3,(H,17,18)(H,19,20). The molecule has 21 heavy (non-hydrogen) atoms. The number of carbonyl (C=O) groups excluding carboxylic acids is 1. The van der Waals surface area contributed by atoms with Crippen LogP contribution in [0.25, 0.3) is 0 Å². The van der Waals surface area contributed by atoms with Gasteiger partial charge in [-0.1, -0.05) is 38.5 Å². The summed E-state index contributed by atoms with van der Waals surface area (Å²) in [6.07, 6.45) is 0.873. The van der Waals surface area contributed by atoms with E-state index in [2.05, 4.69) is 5.32 Å². The van der Waals surface area contributed by atoms with Crippen LogP contribution < -0.4 is 10.1 Å². The Balaban J connectivity index is 2.73. The second-order valence-electron chi connectivity index (χ2n) is 4.97. The average Bonchev–Trinajstić information content (AvgIpc) is 2.45. The van der Waals surface area contributed by atoms with Gasteiger partial charge in [0.1, 0.15) is 11.8 Å². The van der Waals surface area contributed by atoms with Crippen LogP contribution in [0.4, 0.5) is 0 Å². The SMILES string of the molecule is CCCC(NC(=O)C(CC)Oc1ccccc1C)C(=O)O. The zero-order valence-corrected chi connectivity index (χ0v) is 12.8. The minimum Gasteiger partial charge on any atom is -0.480 e. The third-order valence-corrected chi connectivity index (χ3v) is 3.22. The van der Waals surface area contributed by atoms with Crippen molar-refractivity contribution in [3.8, 4) is 5.75 Å². The first-order valence-corrected chi connectivity index (χ1v) is 7.25. The molecule has 1 rings (SSSR count). The molecule has 0 aromatic heterocycles. The van der Waals surface area contributed by atoms with E-state index in [1.807, 2.05) is 39.0 Å². The van der Waals surface area contributed by atoms with Crippen LogP contribution in [0, 0.1) is 6.92 Å². The Morgan fingerprint density at radius 2 is 1.95 bits per heavy atom. The van der Waals surface area contributed by atoms with Gasteiger partial charge in [-0.25, -0.2) is 4.79 Å². The summed E-state index contributed by atoms with van der Waals surface area (Å²) in [6.45, 7) is 5.61. The first-order chi connectivity index (χ1) is 9.99. The van der Waals surface area contributed by atoms with Crippen LogP contribution in [0.5, 0.6) is 5.75 Å². The van der Waals surface area contributed by atoms with E-state index in [0.29, 0.717) is 25.0 Å². The van der Waals surface area contributed by atoms with E-state index >= 15 is 0 Å². The molecule has 0 saturated carbocycles. The van der Waals surface area contributed by atoms with Gasteiger partial charge < -0.3 is 15.2 Å². The molecule has 0 aliphatic heterocycles. The van der Waals surface area contributed by atoms with Crippen molar-refractivity contribution in [3.63, 3.8) is 0 Å². The number of nitrogens with one attached hydrogen (secondary N) is 1. The Bertz CT molecular complexity index is 487. The second kappa shape index (κ2) is 8.29. The Labute approximate surface area is 125 Å². The van der Waals surface area contributed by atoms with Gasteiger partial charge in [0.25, 0.3) is 5.91 Å². The lowest BCUT2D eigenvalue weighted by Gasteiger charge is -2.21. The van der Waals surface area contributed by atoms with Gasteiger partial charge in [-0.2, -0.15) is 0 Å². The maximum atomic E-state index is 12.2. The molecule has 1 amide bonds. The summed E-state index contributed by atoms with van der Waals surface area (Å²) in [7, 11) is 0. The molecule has 2 unspecified atom stereocenters. The molecule has 0 fully saturated rings. The maximum Gasteiger partial charge on any atom is 0.326 e. The summed E-state index contributed by atoms with van der Waals surface area (Å²) >= 11 is 0. The van der Waals surface area contributed by atoms with Crippen molar-refractivity contribution in [2.45, 2.75) is 52.2 Å². The van der Waals surface area contributed by atoms with Crippen LogP contribution >= 0.6 is 0 Å². The van der Waals surface area contributed by atoms with E-state index in [4.69, 9.17) is 9.84 Å². The van der Waals surface area contributed by atoms with Crippen molar-refractivity contribution in [1.29, 1.82) is 0 Å². The minimum atomic E-state index is -1.02. The Hall–Kier alpha value is -2.04. The number of aliphatic carboxylic acids is 1. The normalized spacial score (nSPS) is 13.3. The third-order valence-electron chi connectivity index (χ3n) is 3.22. The van der Waals surface area contributed by atoms with Crippen molar-refractivity contribution in [2.75, 3.05) is 0 Å². The number of amides is 1. The van der Waals surface area contributed by atoms with Crippen LogP contribution in [0.3, 0.4) is 0 Å². The summed E-state index contributed by atoms with van der Waals surface area (Å²) in [6, 6.07) is 6.56. The molecule has 0 heterocycles. The molecule has 2 atom stereocenters. The fourth-order valence-corrected chi connectivity index (χ4v) is 1.97. The molecule has 5 nitrogen and oxygen atoms in total. The topological polar surface area (TPSA) is 75.6 Å². The van der Waals surface area contributed by atoms with Crippen molar-refractivity contribution < 1.29 is 19.4 Å². The molecule has 1 aromatic rings. The van der Waals surface area contributed by atoms with E-state index in [0.717, 1.165) is 5.56 Å². The lowest BCUT2D eigenvalue weighted by molar-refractivity contribution is -0.143. The maximum absolute atomic E-state index is 12.2. The number of carboxylic acid groups (broad SMARTS) is 1. The molecular weight excluding hydrogens is 270 g/mol. The predicted octanol–water partition coefficient (Wildman–Crippen LogP) is 2.52. The Morgan fingerprint density at radius 1 is 1.29 bits per heavy atom. The molecule has 2 N–H and O–H groups in total. The molecule has 0 aliphatic carbocycles. The molecule has 0 saturated heterocycles. The fraction of sp³-hybridized carbons (Fsp3) is 0.500. The number of hydrogen-bond acceptors (Lipinski definition) is 3. The van der Waals surface area contributed by atoms with Crippen LogP contribution in [-0.2, 0) is 9.59 Å². The Morgan fingerprint density at radius 3 is 2.48 bits per heavy atom. The lowest BCUT2D eigenvalue weighted by Crippen LogP contribution is -2.47. The van der Waals surface area contributed by atoms with Gasteiger partial charge in [0, 0.05) is 0 Å². The van der Waals surface area contributed by atoms with E-state index in [1.165, 1.54) is 0 Å². The number of ether oxygens (including phenoxy) is 1. The highest BCUT2D eigenvalue weighted by Crippen LogP contribution is 2.19. The highest BCUT2D eigenvalue weighted by atomic mass is 16.5. The van der Waals surface area contributed by atoms with Gasteiger partial charge in [-0.15, -0.1) is 0 Å². The predicted molar refractivity (Wildman–Crippen MR) is 80.4 cm³/mol. The van der Waals surface area contributed by atoms with Gasteiger partial charge >= 0.3 is 5.97 Å². The summed E-state index contributed by atoms with van der Waals surface area (Å²) in [4.78, 5) is 23.3. The monoisotopic (exact) mass is 293 g/mol. The highest BCUT2D eigenvalue weighted by Gasteiger charge is 2.25. The number of para-hydroxylation sites is 1. The number of aryl methyl sites for hydroxylation is 1. The van der Waals surface area contributed by atoms with E-state index in [-0.39, 0.29) is 5.91 Å². The number of benzene rings is 1. The van der Waals surface area contributed by atoms with Gasteiger partial charge in [0.2, 0.25) is 0 Å². The lowest BCUT2D eigenvalue weighted by atomic mass is 10.1. The minimum absolute atomic E-state index is 0.387. The van der Waals surface area contributed by atoms with Gasteiger partial charge in [0.05, 0.1) is 0 Å². The van der Waals surface area contributed by atoms with Crippen molar-refractivity contribution in [1.82, 2.24) is 5.32 Å². The third kappa shape index (κ3) is 5.10. The van der Waals surface area contributed by atoms with Crippen LogP contribution in [0.2, 0.25) is 0 Å². The number of rotatable bonds is 8. The molecule has 0 radical (unpaired) electrons. The Kier molecular flexibility index (Phi) is 6.72. The first-order valence-electron chi connectivity index (χ1n) is 7.25. The summed E-state index contributed by atoms with van der Waals surface area (Å²) < 4.78 is 5.71. The van der Waals surface area contributed by atoms with Crippen LogP contribution in [0.15, 0.2) is 24.3 Å². The van der Waals surface area contributed by atoms with Crippen molar-refractivity contribution >= 4 is 11.9 Å². The largest absolute Gasteiger partial charge is 0.480 e. The van der Waals surface area contributed by atoms with Gasteiger partial charge in [-0.3, -0.25) is 4.79 Å². The van der Waals surface area contributed by atoms with E-state index < -0.39 is 18.1 Å². The quantitative estimate of drug-likeness (QED) is 0.772. The summed E-state index contributed by atoms with van der Waals surface area (Å²) in [5, 5.41) is 11.6. The molecule has 1 aromatic carbocycles. The zero-order chi connectivity index (χ0) is 15.8. The van der Waals surface area contributed by atoms with Crippen molar-refractivity contribution in [3.05, 3.63) is 29.8 Å². The number of carboxylic acids is 1. The van der Waals surface area contributed by atoms with Gasteiger partial charge in [-0.05, 0) is 31.4 Å². The number of hydrogen-bond donors (Lipinski definition) is 2. The second-order valence-corrected chi connectivity index (χ2v) is 4.97. The summed E-state index contributed by atoms with van der Waals surface area (Å²) in [5.41, 5.74) is 0.937.